The van der Waals surface area contributed by atoms with Crippen LogP contribution >= 0.6 is 0 Å². The fourth-order valence-corrected chi connectivity index (χ4v) is 1.51. The van der Waals surface area contributed by atoms with Gasteiger partial charge in [-0.3, -0.25) is 4.79 Å². The van der Waals surface area contributed by atoms with Gasteiger partial charge in [0.2, 0.25) is 0 Å². The van der Waals surface area contributed by atoms with E-state index >= 15 is 0 Å². The molecule has 0 aliphatic heterocycles. The minimum absolute atomic E-state index is 0.0964. The first-order valence-electron chi connectivity index (χ1n) is 6.27. The lowest BCUT2D eigenvalue weighted by atomic mass is 10.2. The predicted molar refractivity (Wildman–Crippen MR) is 70.3 cm³/mol. The number of aromatic nitrogens is 1. The van der Waals surface area contributed by atoms with E-state index in [-0.39, 0.29) is 5.91 Å². The van der Waals surface area contributed by atoms with Gasteiger partial charge >= 0.3 is 0 Å². The van der Waals surface area contributed by atoms with Gasteiger partial charge in [0.15, 0.2) is 0 Å². The smallest absolute Gasteiger partial charge is 0.269 e. The van der Waals surface area contributed by atoms with E-state index in [1.54, 1.807) is 6.07 Å². The Labute approximate surface area is 103 Å². The molecule has 0 radical (unpaired) electrons. The van der Waals surface area contributed by atoms with E-state index in [1.165, 1.54) is 0 Å². The molecule has 0 aromatic carbocycles. The third-order valence-corrected chi connectivity index (χ3v) is 2.41. The number of rotatable bonds is 7. The van der Waals surface area contributed by atoms with Crippen LogP contribution in [0.3, 0.4) is 0 Å². The zero-order chi connectivity index (χ0) is 12.5. The van der Waals surface area contributed by atoms with Crippen LogP contribution in [0.5, 0.6) is 0 Å². The van der Waals surface area contributed by atoms with Gasteiger partial charge in [-0.25, -0.2) is 4.98 Å². The number of hydrogen-bond acceptors (Lipinski definition) is 3. The molecule has 94 valence electrons. The van der Waals surface area contributed by atoms with Crippen LogP contribution < -0.4 is 10.6 Å². The van der Waals surface area contributed by atoms with Crippen molar-refractivity contribution in [1.29, 1.82) is 0 Å². The Morgan fingerprint density at radius 1 is 1.29 bits per heavy atom. The summed E-state index contributed by atoms with van der Waals surface area (Å²) in [7, 11) is 0. The minimum Gasteiger partial charge on any atom is -0.370 e. The molecule has 0 saturated heterocycles. The molecule has 0 fully saturated rings. The van der Waals surface area contributed by atoms with Crippen molar-refractivity contribution in [2.75, 3.05) is 18.4 Å². The Bertz CT molecular complexity index is 352. The average Bonchev–Trinajstić information content (AvgIpc) is 2.35. The van der Waals surface area contributed by atoms with E-state index in [0.717, 1.165) is 38.2 Å². The zero-order valence-electron chi connectivity index (χ0n) is 10.6. The number of carbonyl (C=O) groups is 1. The average molecular weight is 235 g/mol. The quantitative estimate of drug-likeness (QED) is 0.714. The fourth-order valence-electron chi connectivity index (χ4n) is 1.51. The summed E-state index contributed by atoms with van der Waals surface area (Å²) in [6.07, 6.45) is 3.32. The van der Waals surface area contributed by atoms with Crippen LogP contribution in [0.1, 0.15) is 43.6 Å². The van der Waals surface area contributed by atoms with Crippen LogP contribution in [0.2, 0.25) is 0 Å². The molecule has 1 aromatic rings. The van der Waals surface area contributed by atoms with Gasteiger partial charge in [0.25, 0.3) is 5.91 Å². The van der Waals surface area contributed by atoms with Crippen molar-refractivity contribution >= 4 is 11.7 Å². The van der Waals surface area contributed by atoms with Gasteiger partial charge in [-0.15, -0.1) is 0 Å². The van der Waals surface area contributed by atoms with Crippen LogP contribution in [0.4, 0.5) is 5.82 Å². The minimum atomic E-state index is -0.0964. The van der Waals surface area contributed by atoms with Gasteiger partial charge < -0.3 is 10.6 Å². The summed E-state index contributed by atoms with van der Waals surface area (Å²) < 4.78 is 0. The van der Waals surface area contributed by atoms with E-state index in [9.17, 15) is 4.79 Å². The summed E-state index contributed by atoms with van der Waals surface area (Å²) in [6, 6.07) is 5.43. The molecule has 17 heavy (non-hydrogen) atoms. The highest BCUT2D eigenvalue weighted by Gasteiger charge is 2.06. The van der Waals surface area contributed by atoms with Gasteiger partial charge in [-0.2, -0.15) is 0 Å². The first-order chi connectivity index (χ1) is 8.27. The summed E-state index contributed by atoms with van der Waals surface area (Å²) >= 11 is 0. The fraction of sp³-hybridized carbons (Fsp3) is 0.538. The largest absolute Gasteiger partial charge is 0.370 e. The van der Waals surface area contributed by atoms with Gasteiger partial charge in [-0.05, 0) is 25.5 Å². The number of carbonyl (C=O) groups excluding carboxylic acids is 1. The standard InChI is InChI=1S/C13H21N3O/c1-3-5-6-10-15-13(17)11-8-7-9-12(16-11)14-4-2/h7-9H,3-6,10H2,1-2H3,(H,14,16)(H,15,17). The second kappa shape index (κ2) is 7.65. The molecule has 1 aromatic heterocycles. The molecule has 0 aliphatic rings. The van der Waals surface area contributed by atoms with Crippen molar-refractivity contribution in [3.05, 3.63) is 23.9 Å². The number of nitrogens with zero attached hydrogens (tertiary/aromatic N) is 1. The number of amides is 1. The number of hydrogen-bond donors (Lipinski definition) is 2. The van der Waals surface area contributed by atoms with Crippen molar-refractivity contribution in [3.8, 4) is 0 Å². The van der Waals surface area contributed by atoms with E-state index in [4.69, 9.17) is 0 Å². The maximum Gasteiger partial charge on any atom is 0.269 e. The van der Waals surface area contributed by atoms with E-state index in [1.807, 2.05) is 19.1 Å². The van der Waals surface area contributed by atoms with Crippen molar-refractivity contribution < 1.29 is 4.79 Å². The number of nitrogens with one attached hydrogen (secondary N) is 2. The van der Waals surface area contributed by atoms with Gasteiger partial charge in [0, 0.05) is 13.1 Å². The van der Waals surface area contributed by atoms with Crippen LogP contribution in [-0.4, -0.2) is 24.0 Å². The summed E-state index contributed by atoms with van der Waals surface area (Å²) in [5, 5.41) is 5.96. The summed E-state index contributed by atoms with van der Waals surface area (Å²) in [4.78, 5) is 16.0. The Hall–Kier alpha value is -1.58. The Morgan fingerprint density at radius 3 is 2.82 bits per heavy atom. The molecule has 1 rings (SSSR count). The third-order valence-electron chi connectivity index (χ3n) is 2.41. The molecule has 2 N–H and O–H groups in total. The molecular weight excluding hydrogens is 214 g/mol. The van der Waals surface area contributed by atoms with Crippen molar-refractivity contribution in [3.63, 3.8) is 0 Å². The number of pyridine rings is 1. The van der Waals surface area contributed by atoms with Gasteiger partial charge in [-0.1, -0.05) is 25.8 Å². The van der Waals surface area contributed by atoms with Gasteiger partial charge in [0.05, 0.1) is 0 Å². The lowest BCUT2D eigenvalue weighted by molar-refractivity contribution is 0.0948. The molecule has 0 unspecified atom stereocenters. The van der Waals surface area contributed by atoms with Crippen molar-refractivity contribution in [2.45, 2.75) is 33.1 Å². The van der Waals surface area contributed by atoms with Crippen molar-refractivity contribution in [1.82, 2.24) is 10.3 Å². The predicted octanol–water partition coefficient (Wildman–Crippen LogP) is 2.43. The summed E-state index contributed by atoms with van der Waals surface area (Å²) in [5.41, 5.74) is 0.472. The monoisotopic (exact) mass is 235 g/mol. The third kappa shape index (κ3) is 4.85. The molecule has 0 bridgehead atoms. The van der Waals surface area contributed by atoms with Crippen LogP contribution in [0, 0.1) is 0 Å². The second-order valence-corrected chi connectivity index (χ2v) is 3.90. The normalized spacial score (nSPS) is 10.0. The van der Waals surface area contributed by atoms with Crippen molar-refractivity contribution in [2.24, 2.45) is 0 Å². The maximum absolute atomic E-state index is 11.8. The van der Waals surface area contributed by atoms with Crippen LogP contribution in [-0.2, 0) is 0 Å². The molecule has 0 saturated carbocycles. The first kappa shape index (κ1) is 13.5. The highest BCUT2D eigenvalue weighted by atomic mass is 16.1. The lowest BCUT2D eigenvalue weighted by Gasteiger charge is -2.06. The molecule has 1 heterocycles. The summed E-state index contributed by atoms with van der Waals surface area (Å²) in [5.74, 6) is 0.648. The highest BCUT2D eigenvalue weighted by Crippen LogP contribution is 2.04. The Balaban J connectivity index is 2.47. The molecule has 0 spiro atoms. The lowest BCUT2D eigenvalue weighted by Crippen LogP contribution is -2.25. The molecule has 0 aliphatic carbocycles. The molecule has 4 nitrogen and oxygen atoms in total. The van der Waals surface area contributed by atoms with Crippen LogP contribution in [0.25, 0.3) is 0 Å². The molecular formula is C13H21N3O. The Morgan fingerprint density at radius 2 is 2.12 bits per heavy atom. The first-order valence-corrected chi connectivity index (χ1v) is 6.27. The second-order valence-electron chi connectivity index (χ2n) is 3.90. The number of anilines is 1. The molecule has 4 heteroatoms. The molecule has 1 amide bonds. The van der Waals surface area contributed by atoms with E-state index < -0.39 is 0 Å². The maximum atomic E-state index is 11.8. The Kier molecular flexibility index (Phi) is 6.07. The highest BCUT2D eigenvalue weighted by molar-refractivity contribution is 5.92. The zero-order valence-corrected chi connectivity index (χ0v) is 10.6. The molecule has 0 atom stereocenters. The SMILES string of the molecule is CCCCCNC(=O)c1cccc(NCC)n1. The summed E-state index contributed by atoms with van der Waals surface area (Å²) in [6.45, 7) is 5.66. The topological polar surface area (TPSA) is 54.0 Å². The van der Waals surface area contributed by atoms with Crippen LogP contribution in [0.15, 0.2) is 18.2 Å². The van der Waals surface area contributed by atoms with Gasteiger partial charge in [0.1, 0.15) is 11.5 Å². The van der Waals surface area contributed by atoms with E-state index in [0.29, 0.717) is 5.69 Å². The van der Waals surface area contributed by atoms with E-state index in [2.05, 4.69) is 22.5 Å². The number of unbranched alkanes of at least 4 members (excludes halogenated alkanes) is 2.